The molecule has 1 aliphatic rings. The van der Waals surface area contributed by atoms with E-state index in [1.807, 2.05) is 32.0 Å². The Bertz CT molecular complexity index is 945. The maximum Gasteiger partial charge on any atom is 0.238 e. The number of nitrogens with one attached hydrogen (secondary N) is 1. The molecule has 1 amide bonds. The summed E-state index contributed by atoms with van der Waals surface area (Å²) >= 11 is 0. The largest absolute Gasteiger partial charge is 0.444 e. The summed E-state index contributed by atoms with van der Waals surface area (Å²) in [5, 5.41) is 1.50. The zero-order chi connectivity index (χ0) is 20.3. The predicted molar refractivity (Wildman–Crippen MR) is 105 cm³/mol. The molecule has 1 saturated heterocycles. The van der Waals surface area contributed by atoms with Crippen LogP contribution in [0.15, 0.2) is 28.9 Å². The molecule has 3 rings (SSSR count). The van der Waals surface area contributed by atoms with Crippen molar-refractivity contribution in [1.29, 1.82) is 0 Å². The Labute approximate surface area is 165 Å². The summed E-state index contributed by atoms with van der Waals surface area (Å²) < 4.78 is 36.2. The standard InChI is InChI=1S/C20H26N2O5S/c1-13-6-7-18(14(2)9-13)20-22-16(11-27-20)12-28(24,25)15(3)19(23)21-10-17-5-4-8-26-17/h6-7,9,11,15,17H,4-5,8,10,12H2,1-3H3,(H,21,23). The van der Waals surface area contributed by atoms with Crippen molar-refractivity contribution >= 4 is 15.7 Å². The van der Waals surface area contributed by atoms with Gasteiger partial charge in [-0.15, -0.1) is 0 Å². The zero-order valence-electron chi connectivity index (χ0n) is 16.4. The van der Waals surface area contributed by atoms with Gasteiger partial charge in [-0.1, -0.05) is 17.7 Å². The molecular formula is C20H26N2O5S. The lowest BCUT2D eigenvalue weighted by Gasteiger charge is -2.15. The van der Waals surface area contributed by atoms with E-state index in [9.17, 15) is 13.2 Å². The fourth-order valence-electron chi connectivity index (χ4n) is 3.21. The van der Waals surface area contributed by atoms with Crippen molar-refractivity contribution in [3.63, 3.8) is 0 Å². The van der Waals surface area contributed by atoms with Crippen LogP contribution in [-0.2, 0) is 25.1 Å². The third-order valence-electron chi connectivity index (χ3n) is 4.95. The summed E-state index contributed by atoms with van der Waals surface area (Å²) in [5.74, 6) is -0.498. The van der Waals surface area contributed by atoms with Gasteiger partial charge in [0, 0.05) is 18.7 Å². The Morgan fingerprint density at radius 2 is 2.14 bits per heavy atom. The number of carbonyl (C=O) groups excluding carboxylic acids is 1. The molecule has 0 spiro atoms. The average molecular weight is 407 g/mol. The fraction of sp³-hybridized carbons (Fsp3) is 0.500. The normalized spacial score (nSPS) is 18.2. The highest BCUT2D eigenvalue weighted by Crippen LogP contribution is 2.24. The SMILES string of the molecule is Cc1ccc(-c2nc(CS(=O)(=O)C(C)C(=O)NCC3CCCO3)co2)c(C)c1. The first kappa shape index (κ1) is 20.5. The molecule has 8 heteroatoms. The molecule has 0 saturated carbocycles. The number of hydrogen-bond acceptors (Lipinski definition) is 6. The van der Waals surface area contributed by atoms with Gasteiger partial charge in [0.05, 0.1) is 17.6 Å². The minimum absolute atomic E-state index is 0.0327. The van der Waals surface area contributed by atoms with E-state index in [2.05, 4.69) is 10.3 Å². The number of nitrogens with zero attached hydrogens (tertiary/aromatic N) is 1. The molecule has 0 aliphatic carbocycles. The van der Waals surface area contributed by atoms with Gasteiger partial charge < -0.3 is 14.5 Å². The van der Waals surface area contributed by atoms with Gasteiger partial charge in [-0.3, -0.25) is 4.79 Å². The number of rotatable bonds is 7. The number of amides is 1. The van der Waals surface area contributed by atoms with Crippen LogP contribution in [0.2, 0.25) is 0 Å². The first-order chi connectivity index (χ1) is 13.3. The second kappa shape index (κ2) is 8.45. The molecule has 1 fully saturated rings. The van der Waals surface area contributed by atoms with Gasteiger partial charge in [-0.25, -0.2) is 13.4 Å². The van der Waals surface area contributed by atoms with Gasteiger partial charge in [0.25, 0.3) is 0 Å². The lowest BCUT2D eigenvalue weighted by atomic mass is 10.1. The summed E-state index contributed by atoms with van der Waals surface area (Å²) in [6.07, 6.45) is 3.14. The minimum atomic E-state index is -3.72. The molecule has 7 nitrogen and oxygen atoms in total. The minimum Gasteiger partial charge on any atom is -0.444 e. The van der Waals surface area contributed by atoms with Crippen molar-refractivity contribution in [1.82, 2.24) is 10.3 Å². The summed E-state index contributed by atoms with van der Waals surface area (Å²) in [6.45, 7) is 6.35. The van der Waals surface area contributed by atoms with E-state index >= 15 is 0 Å². The highest BCUT2D eigenvalue weighted by atomic mass is 32.2. The Balaban J connectivity index is 1.64. The number of hydrogen-bond donors (Lipinski definition) is 1. The topological polar surface area (TPSA) is 98.5 Å². The van der Waals surface area contributed by atoms with E-state index in [4.69, 9.17) is 9.15 Å². The van der Waals surface area contributed by atoms with Crippen LogP contribution in [0.25, 0.3) is 11.5 Å². The van der Waals surface area contributed by atoms with Gasteiger partial charge in [0.2, 0.25) is 11.8 Å². The van der Waals surface area contributed by atoms with Gasteiger partial charge in [-0.2, -0.15) is 0 Å². The van der Waals surface area contributed by atoms with Crippen LogP contribution in [-0.4, -0.2) is 43.8 Å². The molecule has 0 radical (unpaired) electrons. The molecule has 2 atom stereocenters. The number of carbonyl (C=O) groups is 1. The quantitative estimate of drug-likeness (QED) is 0.759. The maximum absolute atomic E-state index is 12.6. The summed E-state index contributed by atoms with van der Waals surface area (Å²) in [7, 11) is -3.72. The number of sulfone groups is 1. The third-order valence-corrected chi connectivity index (χ3v) is 6.94. The Kier molecular flexibility index (Phi) is 6.20. The van der Waals surface area contributed by atoms with Gasteiger partial charge in [-0.05, 0) is 45.2 Å². The van der Waals surface area contributed by atoms with Crippen molar-refractivity contribution in [3.8, 4) is 11.5 Å². The van der Waals surface area contributed by atoms with Crippen LogP contribution >= 0.6 is 0 Å². The number of ether oxygens (including phenoxy) is 1. The van der Waals surface area contributed by atoms with Crippen molar-refractivity contribution in [2.45, 2.75) is 50.7 Å². The van der Waals surface area contributed by atoms with E-state index < -0.39 is 21.0 Å². The van der Waals surface area contributed by atoms with Crippen LogP contribution in [0.4, 0.5) is 0 Å². The summed E-state index contributed by atoms with van der Waals surface area (Å²) in [4.78, 5) is 16.6. The summed E-state index contributed by atoms with van der Waals surface area (Å²) in [6, 6.07) is 5.86. The highest BCUT2D eigenvalue weighted by Gasteiger charge is 2.30. The third kappa shape index (κ3) is 4.80. The fourth-order valence-corrected chi connectivity index (χ4v) is 4.41. The van der Waals surface area contributed by atoms with Crippen LogP contribution < -0.4 is 5.32 Å². The van der Waals surface area contributed by atoms with E-state index in [1.165, 1.54) is 13.2 Å². The molecule has 1 aromatic heterocycles. The predicted octanol–water partition coefficient (Wildman–Crippen LogP) is 2.56. The van der Waals surface area contributed by atoms with E-state index in [-0.39, 0.29) is 17.6 Å². The number of oxazole rings is 1. The first-order valence-electron chi connectivity index (χ1n) is 9.39. The van der Waals surface area contributed by atoms with Crippen LogP contribution in [0.1, 0.15) is 36.6 Å². The number of benzene rings is 1. The molecule has 2 unspecified atom stereocenters. The van der Waals surface area contributed by atoms with Crippen molar-refractivity contribution in [3.05, 3.63) is 41.3 Å². The van der Waals surface area contributed by atoms with Gasteiger partial charge in [0.1, 0.15) is 11.5 Å². The molecule has 1 aromatic carbocycles. The van der Waals surface area contributed by atoms with Crippen molar-refractivity contribution < 1.29 is 22.4 Å². The monoisotopic (exact) mass is 406 g/mol. The second-order valence-corrected chi connectivity index (χ2v) is 9.61. The average Bonchev–Trinajstić information content (AvgIpc) is 3.30. The number of aryl methyl sites for hydroxylation is 2. The van der Waals surface area contributed by atoms with Crippen molar-refractivity contribution in [2.75, 3.05) is 13.2 Å². The van der Waals surface area contributed by atoms with Crippen molar-refractivity contribution in [2.24, 2.45) is 0 Å². The molecule has 1 N–H and O–H groups in total. The molecule has 0 bridgehead atoms. The maximum atomic E-state index is 12.6. The second-order valence-electron chi connectivity index (χ2n) is 7.29. The van der Waals surface area contributed by atoms with Crippen LogP contribution in [0.5, 0.6) is 0 Å². The van der Waals surface area contributed by atoms with Gasteiger partial charge >= 0.3 is 0 Å². The van der Waals surface area contributed by atoms with Crippen LogP contribution in [0, 0.1) is 13.8 Å². The van der Waals surface area contributed by atoms with Crippen LogP contribution in [0.3, 0.4) is 0 Å². The Morgan fingerprint density at radius 1 is 1.36 bits per heavy atom. The smallest absolute Gasteiger partial charge is 0.238 e. The molecule has 2 heterocycles. The molecule has 152 valence electrons. The number of aromatic nitrogens is 1. The lowest BCUT2D eigenvalue weighted by molar-refractivity contribution is -0.120. The Hall–Kier alpha value is -2.19. The first-order valence-corrected chi connectivity index (χ1v) is 11.1. The van der Waals surface area contributed by atoms with E-state index in [1.54, 1.807) is 0 Å². The zero-order valence-corrected chi connectivity index (χ0v) is 17.2. The summed E-state index contributed by atoms with van der Waals surface area (Å²) in [5.41, 5.74) is 3.22. The highest BCUT2D eigenvalue weighted by molar-refractivity contribution is 7.92. The molecular weight excluding hydrogens is 380 g/mol. The molecule has 1 aliphatic heterocycles. The van der Waals surface area contributed by atoms with Gasteiger partial charge in [0.15, 0.2) is 9.84 Å². The van der Waals surface area contributed by atoms with E-state index in [0.29, 0.717) is 19.0 Å². The Morgan fingerprint density at radius 3 is 2.82 bits per heavy atom. The van der Waals surface area contributed by atoms with E-state index in [0.717, 1.165) is 29.5 Å². The molecule has 28 heavy (non-hydrogen) atoms. The lowest BCUT2D eigenvalue weighted by Crippen LogP contribution is -2.41. The molecule has 2 aromatic rings.